The highest BCUT2D eigenvalue weighted by Gasteiger charge is 2.20. The maximum Gasteiger partial charge on any atom is 0.335 e. The second kappa shape index (κ2) is 5.03. The summed E-state index contributed by atoms with van der Waals surface area (Å²) in [4.78, 5) is 10.5. The molecule has 0 spiro atoms. The van der Waals surface area contributed by atoms with E-state index in [0.29, 0.717) is 5.56 Å². The minimum atomic E-state index is -2.85. The third-order valence-electron chi connectivity index (χ3n) is 1.83. The summed E-state index contributed by atoms with van der Waals surface area (Å²) >= 11 is 0. The van der Waals surface area contributed by atoms with Crippen molar-refractivity contribution in [3.05, 3.63) is 35.4 Å². The molecule has 0 saturated carbocycles. The van der Waals surface area contributed by atoms with Crippen LogP contribution in [0.1, 0.15) is 22.8 Å². The van der Waals surface area contributed by atoms with Crippen molar-refractivity contribution >= 4 is 5.97 Å². The van der Waals surface area contributed by atoms with Crippen molar-refractivity contribution in [3.63, 3.8) is 0 Å². The molecule has 1 rings (SSSR count). The average molecular weight is 230 g/mol. The summed E-state index contributed by atoms with van der Waals surface area (Å²) in [6.45, 7) is 0.178. The van der Waals surface area contributed by atoms with Gasteiger partial charge in [0, 0.05) is 6.92 Å². The molecule has 5 heteroatoms. The number of carboxylic acid groups (broad SMARTS) is 1. The first-order chi connectivity index (χ1) is 7.38. The number of ether oxygens (including phenoxy) is 1. The van der Waals surface area contributed by atoms with Crippen molar-refractivity contribution in [2.24, 2.45) is 0 Å². The molecule has 1 N–H and O–H groups in total. The zero-order valence-electron chi connectivity index (χ0n) is 8.74. The van der Waals surface area contributed by atoms with Gasteiger partial charge in [-0.15, -0.1) is 0 Å². The number of hydrogen-bond acceptors (Lipinski definition) is 2. The fourth-order valence-corrected chi connectivity index (χ4v) is 1.09. The van der Waals surface area contributed by atoms with Gasteiger partial charge in [0.2, 0.25) is 0 Å². The SMILES string of the molecule is CC(F)(F)COCc1ccc(C(=O)O)cc1. The molecule has 0 atom stereocenters. The van der Waals surface area contributed by atoms with E-state index in [-0.39, 0.29) is 12.2 Å². The van der Waals surface area contributed by atoms with Crippen LogP contribution in [0.5, 0.6) is 0 Å². The Bertz CT molecular complexity index is 354. The van der Waals surface area contributed by atoms with E-state index in [9.17, 15) is 13.6 Å². The zero-order chi connectivity index (χ0) is 12.2. The van der Waals surface area contributed by atoms with E-state index in [1.807, 2.05) is 0 Å². The lowest BCUT2D eigenvalue weighted by molar-refractivity contribution is -0.0673. The third-order valence-corrected chi connectivity index (χ3v) is 1.83. The van der Waals surface area contributed by atoms with E-state index < -0.39 is 18.5 Å². The second-order valence-electron chi connectivity index (χ2n) is 3.57. The van der Waals surface area contributed by atoms with Gasteiger partial charge in [0.15, 0.2) is 0 Å². The van der Waals surface area contributed by atoms with Crippen LogP contribution < -0.4 is 0 Å². The van der Waals surface area contributed by atoms with Crippen molar-refractivity contribution in [2.45, 2.75) is 19.5 Å². The van der Waals surface area contributed by atoms with Crippen LogP contribution in [0.3, 0.4) is 0 Å². The predicted octanol–water partition coefficient (Wildman–Crippen LogP) is 2.56. The average Bonchev–Trinajstić information content (AvgIpc) is 2.16. The largest absolute Gasteiger partial charge is 0.478 e. The van der Waals surface area contributed by atoms with Gasteiger partial charge in [-0.3, -0.25) is 0 Å². The molecule has 0 amide bonds. The minimum absolute atomic E-state index is 0.0450. The lowest BCUT2D eigenvalue weighted by Gasteiger charge is -2.10. The highest BCUT2D eigenvalue weighted by molar-refractivity contribution is 5.87. The van der Waals surface area contributed by atoms with Gasteiger partial charge >= 0.3 is 5.97 Å². The van der Waals surface area contributed by atoms with Crippen LogP contribution in [0.25, 0.3) is 0 Å². The van der Waals surface area contributed by atoms with E-state index in [4.69, 9.17) is 9.84 Å². The Balaban J connectivity index is 2.47. The van der Waals surface area contributed by atoms with Gasteiger partial charge in [0.25, 0.3) is 5.92 Å². The van der Waals surface area contributed by atoms with Crippen LogP contribution in [-0.4, -0.2) is 23.6 Å². The molecule has 3 nitrogen and oxygen atoms in total. The summed E-state index contributed by atoms with van der Waals surface area (Å²) < 4.78 is 29.6. The standard InChI is InChI=1S/C11H12F2O3/c1-11(12,13)7-16-6-8-2-4-9(5-3-8)10(14)15/h2-5H,6-7H2,1H3,(H,14,15). The summed E-state index contributed by atoms with van der Waals surface area (Å²) in [5.41, 5.74) is 0.818. The van der Waals surface area contributed by atoms with Gasteiger partial charge in [0.05, 0.1) is 12.2 Å². The topological polar surface area (TPSA) is 46.5 Å². The van der Waals surface area contributed by atoms with E-state index in [0.717, 1.165) is 6.92 Å². The van der Waals surface area contributed by atoms with Gasteiger partial charge < -0.3 is 9.84 Å². The first-order valence-electron chi connectivity index (χ1n) is 4.66. The number of carbonyl (C=O) groups is 1. The monoisotopic (exact) mass is 230 g/mol. The van der Waals surface area contributed by atoms with Crippen LogP contribution in [0.2, 0.25) is 0 Å². The fraction of sp³-hybridized carbons (Fsp3) is 0.364. The summed E-state index contributed by atoms with van der Waals surface area (Å²) in [6.07, 6.45) is 0. The highest BCUT2D eigenvalue weighted by Crippen LogP contribution is 2.13. The Morgan fingerprint density at radius 3 is 2.38 bits per heavy atom. The Kier molecular flexibility index (Phi) is 3.95. The lowest BCUT2D eigenvalue weighted by atomic mass is 10.1. The van der Waals surface area contributed by atoms with Crippen LogP contribution >= 0.6 is 0 Å². The molecule has 0 fully saturated rings. The molecular weight excluding hydrogens is 218 g/mol. The number of halogens is 2. The van der Waals surface area contributed by atoms with Crippen LogP contribution in [0.4, 0.5) is 8.78 Å². The summed E-state index contributed by atoms with van der Waals surface area (Å²) in [5, 5.41) is 8.63. The van der Waals surface area contributed by atoms with Crippen molar-refractivity contribution in [2.75, 3.05) is 6.61 Å². The molecule has 0 saturated heterocycles. The number of rotatable bonds is 5. The molecule has 0 aliphatic heterocycles. The van der Waals surface area contributed by atoms with Crippen LogP contribution in [0, 0.1) is 0 Å². The van der Waals surface area contributed by atoms with Crippen molar-refractivity contribution < 1.29 is 23.4 Å². The molecule has 0 heterocycles. The third kappa shape index (κ3) is 4.35. The number of hydrogen-bond donors (Lipinski definition) is 1. The van der Waals surface area contributed by atoms with Gasteiger partial charge in [-0.1, -0.05) is 12.1 Å². The summed E-state index contributed by atoms with van der Waals surface area (Å²) in [7, 11) is 0. The maximum atomic E-state index is 12.4. The number of benzene rings is 1. The molecular formula is C11H12F2O3. The summed E-state index contributed by atoms with van der Waals surface area (Å²) in [5.74, 6) is -3.87. The zero-order valence-corrected chi connectivity index (χ0v) is 8.74. The van der Waals surface area contributed by atoms with Gasteiger partial charge in [-0.2, -0.15) is 0 Å². The van der Waals surface area contributed by atoms with Gasteiger partial charge in [0.1, 0.15) is 6.61 Å². The normalized spacial score (nSPS) is 11.4. The van der Waals surface area contributed by atoms with Gasteiger partial charge in [-0.05, 0) is 17.7 Å². The molecule has 0 radical (unpaired) electrons. The van der Waals surface area contributed by atoms with Gasteiger partial charge in [-0.25, -0.2) is 13.6 Å². The Hall–Kier alpha value is -1.49. The van der Waals surface area contributed by atoms with Crippen molar-refractivity contribution in [3.8, 4) is 0 Å². The maximum absolute atomic E-state index is 12.4. The number of aromatic carboxylic acids is 1. The Labute approximate surface area is 91.7 Å². The van der Waals surface area contributed by atoms with Crippen LogP contribution in [-0.2, 0) is 11.3 Å². The number of carboxylic acids is 1. The molecule has 0 bridgehead atoms. The Morgan fingerprint density at radius 2 is 1.94 bits per heavy atom. The summed E-state index contributed by atoms with van der Waals surface area (Å²) in [6, 6.07) is 5.89. The molecule has 88 valence electrons. The van der Waals surface area contributed by atoms with E-state index in [1.165, 1.54) is 24.3 Å². The first-order valence-corrected chi connectivity index (χ1v) is 4.66. The minimum Gasteiger partial charge on any atom is -0.478 e. The molecule has 0 aliphatic rings. The lowest BCUT2D eigenvalue weighted by Crippen LogP contribution is -2.18. The van der Waals surface area contributed by atoms with E-state index in [1.54, 1.807) is 0 Å². The van der Waals surface area contributed by atoms with E-state index >= 15 is 0 Å². The van der Waals surface area contributed by atoms with Crippen molar-refractivity contribution in [1.29, 1.82) is 0 Å². The number of alkyl halides is 2. The second-order valence-corrected chi connectivity index (χ2v) is 3.57. The molecule has 0 aliphatic carbocycles. The predicted molar refractivity (Wildman–Crippen MR) is 53.7 cm³/mol. The molecule has 0 aromatic heterocycles. The van der Waals surface area contributed by atoms with Crippen LogP contribution in [0.15, 0.2) is 24.3 Å². The highest BCUT2D eigenvalue weighted by atomic mass is 19.3. The molecule has 1 aromatic carbocycles. The molecule has 16 heavy (non-hydrogen) atoms. The fourth-order valence-electron chi connectivity index (χ4n) is 1.09. The molecule has 0 unspecified atom stereocenters. The smallest absolute Gasteiger partial charge is 0.335 e. The van der Waals surface area contributed by atoms with Crippen molar-refractivity contribution in [1.82, 2.24) is 0 Å². The first kappa shape index (κ1) is 12.6. The quantitative estimate of drug-likeness (QED) is 0.845. The van der Waals surface area contributed by atoms with E-state index in [2.05, 4.69) is 0 Å². The molecule has 1 aromatic rings. The Morgan fingerprint density at radius 1 is 1.38 bits per heavy atom.